The number of carboxylic acid groups (broad SMARTS) is 1. The van der Waals surface area contributed by atoms with Crippen LogP contribution in [0.15, 0.2) is 23.4 Å². The van der Waals surface area contributed by atoms with Crippen LogP contribution in [0.1, 0.15) is 27.6 Å². The van der Waals surface area contributed by atoms with Gasteiger partial charge < -0.3 is 9.67 Å². The van der Waals surface area contributed by atoms with E-state index in [9.17, 15) is 4.79 Å². The maximum atomic E-state index is 11.1. The summed E-state index contributed by atoms with van der Waals surface area (Å²) in [4.78, 5) is 20.7. The molecular weight excluding hydrogens is 276 g/mol. The van der Waals surface area contributed by atoms with Crippen molar-refractivity contribution in [1.82, 2.24) is 18.8 Å². The molecule has 1 aliphatic rings. The molecule has 2 aromatic heterocycles. The molecule has 1 aliphatic heterocycles. The molecule has 0 radical (unpaired) electrons. The molecule has 0 saturated carbocycles. The highest BCUT2D eigenvalue weighted by Crippen LogP contribution is 2.33. The highest BCUT2D eigenvalue weighted by molar-refractivity contribution is 7.97. The Morgan fingerprint density at radius 3 is 2.40 bits per heavy atom. The largest absolute Gasteiger partial charge is 0.477 e. The molecule has 6 nitrogen and oxygen atoms in total. The summed E-state index contributed by atoms with van der Waals surface area (Å²) in [5.74, 6) is -0.907. The van der Waals surface area contributed by atoms with Crippen molar-refractivity contribution < 1.29 is 9.90 Å². The summed E-state index contributed by atoms with van der Waals surface area (Å²) >= 11 is 1.56. The summed E-state index contributed by atoms with van der Waals surface area (Å²) in [5.41, 5.74) is 3.24. The lowest BCUT2D eigenvalue weighted by Crippen LogP contribution is -2.06. The van der Waals surface area contributed by atoms with E-state index < -0.39 is 5.97 Å². The lowest BCUT2D eigenvalue weighted by Gasteiger charge is -2.12. The predicted octanol–water partition coefficient (Wildman–Crippen LogP) is 1.84. The number of fused-ring (bicyclic) bond motifs is 1. The predicted molar refractivity (Wildman–Crippen MR) is 74.2 cm³/mol. The zero-order valence-corrected chi connectivity index (χ0v) is 12.0. The van der Waals surface area contributed by atoms with Gasteiger partial charge in [0.2, 0.25) is 0 Å². The van der Waals surface area contributed by atoms with Crippen molar-refractivity contribution in [1.29, 1.82) is 0 Å². The van der Waals surface area contributed by atoms with E-state index in [2.05, 4.69) is 14.3 Å². The minimum atomic E-state index is -0.907. The van der Waals surface area contributed by atoms with Crippen molar-refractivity contribution >= 4 is 17.9 Å². The van der Waals surface area contributed by atoms with Gasteiger partial charge in [-0.3, -0.25) is 9.97 Å². The fourth-order valence-corrected chi connectivity index (χ4v) is 3.31. The van der Waals surface area contributed by atoms with Crippen LogP contribution in [-0.2, 0) is 20.1 Å². The van der Waals surface area contributed by atoms with Crippen LogP contribution in [0.4, 0.5) is 0 Å². The molecule has 0 amide bonds. The second-order valence-electron chi connectivity index (χ2n) is 4.68. The molecule has 3 rings (SSSR count). The van der Waals surface area contributed by atoms with Gasteiger partial charge in [-0.25, -0.2) is 9.10 Å². The molecule has 0 spiro atoms. The molecule has 0 unspecified atom stereocenters. The molecule has 3 heterocycles. The summed E-state index contributed by atoms with van der Waals surface area (Å²) in [6.45, 7) is 3.38. The van der Waals surface area contributed by atoms with Crippen molar-refractivity contribution in [2.45, 2.75) is 24.9 Å². The summed E-state index contributed by atoms with van der Waals surface area (Å²) in [6, 6.07) is 1.71. The van der Waals surface area contributed by atoms with Crippen LogP contribution in [0.3, 0.4) is 0 Å². The second-order valence-corrected chi connectivity index (χ2v) is 5.82. The van der Waals surface area contributed by atoms with Gasteiger partial charge in [0.25, 0.3) is 0 Å². The van der Waals surface area contributed by atoms with Crippen molar-refractivity contribution in [3.63, 3.8) is 0 Å². The third-order valence-corrected chi connectivity index (χ3v) is 4.57. The third-order valence-electron chi connectivity index (χ3n) is 3.45. The average molecular weight is 290 g/mol. The highest BCUT2D eigenvalue weighted by Gasteiger charge is 2.24. The number of hydrogen-bond acceptors (Lipinski definition) is 5. The van der Waals surface area contributed by atoms with Gasteiger partial charge in [0.1, 0.15) is 5.69 Å². The maximum Gasteiger partial charge on any atom is 0.352 e. The summed E-state index contributed by atoms with van der Waals surface area (Å²) < 4.78 is 3.84. The molecule has 0 fully saturated rings. The van der Waals surface area contributed by atoms with Gasteiger partial charge >= 0.3 is 5.97 Å². The van der Waals surface area contributed by atoms with Gasteiger partial charge in [-0.15, -0.1) is 0 Å². The summed E-state index contributed by atoms with van der Waals surface area (Å²) in [5, 5.41) is 9.14. The number of aromatic nitrogens is 3. The molecule has 0 saturated heterocycles. The lowest BCUT2D eigenvalue weighted by molar-refractivity contribution is 0.0686. The molecule has 20 heavy (non-hydrogen) atoms. The first kappa shape index (κ1) is 13.1. The molecule has 0 aromatic carbocycles. The number of carboxylic acids is 1. The lowest BCUT2D eigenvalue weighted by atomic mass is 10.4. The van der Waals surface area contributed by atoms with Crippen LogP contribution in [0.25, 0.3) is 0 Å². The second kappa shape index (κ2) is 4.92. The zero-order chi connectivity index (χ0) is 14.3. The van der Waals surface area contributed by atoms with Crippen molar-refractivity contribution in [3.05, 3.63) is 41.2 Å². The quantitative estimate of drug-likeness (QED) is 0.870. The van der Waals surface area contributed by atoms with Crippen molar-refractivity contribution in [2.75, 3.05) is 0 Å². The van der Waals surface area contributed by atoms with Gasteiger partial charge in [0.15, 0.2) is 0 Å². The Kier molecular flexibility index (Phi) is 3.23. The van der Waals surface area contributed by atoms with E-state index in [4.69, 9.17) is 5.11 Å². The Balaban J connectivity index is 1.81. The number of nitrogens with zero attached hydrogens (tertiary/aromatic N) is 4. The maximum absolute atomic E-state index is 11.1. The van der Waals surface area contributed by atoms with Crippen molar-refractivity contribution in [2.24, 2.45) is 7.05 Å². The number of aromatic carboxylic acids is 1. The van der Waals surface area contributed by atoms with E-state index in [-0.39, 0.29) is 0 Å². The minimum Gasteiger partial charge on any atom is -0.477 e. The molecule has 1 N–H and O–H groups in total. The molecule has 0 bridgehead atoms. The SMILES string of the molecule is Cc1c(SN2Cc3nccnc3C2)cc(C(=O)O)n1C. The fraction of sp³-hybridized carbons (Fsp3) is 0.308. The molecule has 7 heteroatoms. The summed E-state index contributed by atoms with van der Waals surface area (Å²) in [6.07, 6.45) is 3.40. The Hall–Kier alpha value is -1.86. The van der Waals surface area contributed by atoms with E-state index in [1.54, 1.807) is 42.0 Å². The topological polar surface area (TPSA) is 71.2 Å². The Bertz CT molecular complexity index is 658. The molecule has 0 atom stereocenters. The standard InChI is InChI=1S/C13H14N4O2S/c1-8-12(5-11(13(18)19)16(8)2)20-17-6-9-10(7-17)15-4-3-14-9/h3-5H,6-7H2,1-2H3,(H,18,19). The van der Waals surface area contributed by atoms with E-state index in [0.717, 1.165) is 35.1 Å². The Morgan fingerprint density at radius 1 is 1.30 bits per heavy atom. The minimum absolute atomic E-state index is 0.304. The van der Waals surface area contributed by atoms with Gasteiger partial charge in [-0.2, -0.15) is 0 Å². The molecular formula is C13H14N4O2S. The first-order chi connectivity index (χ1) is 9.56. The zero-order valence-electron chi connectivity index (χ0n) is 11.2. The smallest absolute Gasteiger partial charge is 0.352 e. The fourth-order valence-electron chi connectivity index (χ4n) is 2.22. The Morgan fingerprint density at radius 2 is 1.90 bits per heavy atom. The van der Waals surface area contributed by atoms with Gasteiger partial charge in [0.05, 0.1) is 24.5 Å². The van der Waals surface area contributed by atoms with Gasteiger partial charge in [-0.05, 0) is 24.9 Å². The number of carbonyl (C=O) groups is 1. The average Bonchev–Trinajstić information content (AvgIpc) is 2.94. The van der Waals surface area contributed by atoms with Crippen LogP contribution >= 0.6 is 11.9 Å². The van der Waals surface area contributed by atoms with Crippen LogP contribution in [0, 0.1) is 6.92 Å². The van der Waals surface area contributed by atoms with E-state index in [0.29, 0.717) is 5.69 Å². The monoisotopic (exact) mass is 290 g/mol. The van der Waals surface area contributed by atoms with E-state index >= 15 is 0 Å². The van der Waals surface area contributed by atoms with Crippen LogP contribution in [0.2, 0.25) is 0 Å². The first-order valence-corrected chi connectivity index (χ1v) is 6.95. The van der Waals surface area contributed by atoms with Crippen LogP contribution in [-0.4, -0.2) is 29.9 Å². The molecule has 2 aromatic rings. The number of hydrogen-bond donors (Lipinski definition) is 1. The van der Waals surface area contributed by atoms with Crippen LogP contribution < -0.4 is 0 Å². The van der Waals surface area contributed by atoms with E-state index in [1.165, 1.54) is 0 Å². The Labute approximate surface area is 120 Å². The molecule has 0 aliphatic carbocycles. The molecule has 104 valence electrons. The number of rotatable bonds is 3. The summed E-state index contributed by atoms with van der Waals surface area (Å²) in [7, 11) is 1.77. The first-order valence-electron chi connectivity index (χ1n) is 6.17. The van der Waals surface area contributed by atoms with Crippen molar-refractivity contribution in [3.8, 4) is 0 Å². The third kappa shape index (κ3) is 2.19. The highest BCUT2D eigenvalue weighted by atomic mass is 32.2. The van der Waals surface area contributed by atoms with E-state index in [1.807, 2.05) is 6.92 Å². The normalized spacial score (nSPS) is 14.5. The van der Waals surface area contributed by atoms with Crippen LogP contribution in [0.5, 0.6) is 0 Å². The van der Waals surface area contributed by atoms with Gasteiger partial charge in [-0.1, -0.05) is 0 Å². The van der Waals surface area contributed by atoms with Gasteiger partial charge in [0, 0.05) is 30.0 Å².